The maximum atomic E-state index is 13.8. The van der Waals surface area contributed by atoms with Crippen molar-refractivity contribution in [3.8, 4) is 5.69 Å². The van der Waals surface area contributed by atoms with E-state index in [2.05, 4.69) is 15.5 Å². The van der Waals surface area contributed by atoms with Crippen LogP contribution in [0.1, 0.15) is 12.8 Å². The van der Waals surface area contributed by atoms with Crippen molar-refractivity contribution >= 4 is 17.7 Å². The lowest BCUT2D eigenvalue weighted by molar-refractivity contribution is -0.127. The van der Waals surface area contributed by atoms with Crippen molar-refractivity contribution < 1.29 is 9.18 Å². The molecule has 0 unspecified atom stereocenters. The Morgan fingerprint density at radius 1 is 1.29 bits per heavy atom. The highest BCUT2D eigenvalue weighted by atomic mass is 32.2. The third kappa shape index (κ3) is 3.05. The molecule has 1 aromatic carbocycles. The zero-order chi connectivity index (χ0) is 14.7. The second kappa shape index (κ2) is 6.21. The minimum Gasteiger partial charge on any atom is -0.342 e. The lowest BCUT2D eigenvalue weighted by atomic mass is 10.3. The van der Waals surface area contributed by atoms with E-state index in [1.165, 1.54) is 22.5 Å². The van der Waals surface area contributed by atoms with Crippen LogP contribution in [0.3, 0.4) is 0 Å². The van der Waals surface area contributed by atoms with Crippen LogP contribution in [0.25, 0.3) is 5.69 Å². The van der Waals surface area contributed by atoms with E-state index in [1.54, 1.807) is 18.2 Å². The summed E-state index contributed by atoms with van der Waals surface area (Å²) in [5, 5.41) is 11.6. The van der Waals surface area contributed by atoms with Crippen LogP contribution in [0.15, 0.2) is 29.4 Å². The molecule has 1 fully saturated rings. The molecule has 0 saturated carbocycles. The van der Waals surface area contributed by atoms with Crippen molar-refractivity contribution in [3.05, 3.63) is 30.1 Å². The van der Waals surface area contributed by atoms with E-state index in [-0.39, 0.29) is 17.3 Å². The summed E-state index contributed by atoms with van der Waals surface area (Å²) in [5.74, 6) is -0.0763. The molecular weight excluding hydrogens is 293 g/mol. The van der Waals surface area contributed by atoms with Gasteiger partial charge in [0, 0.05) is 13.1 Å². The quantitative estimate of drug-likeness (QED) is 0.801. The molecule has 0 bridgehead atoms. The van der Waals surface area contributed by atoms with Crippen LogP contribution in [0.5, 0.6) is 0 Å². The Bertz CT molecular complexity index is 641. The van der Waals surface area contributed by atoms with E-state index in [0.29, 0.717) is 5.16 Å². The van der Waals surface area contributed by atoms with Crippen LogP contribution in [0.4, 0.5) is 4.39 Å². The fraction of sp³-hybridized carbons (Fsp3) is 0.385. The minimum atomic E-state index is -0.405. The average molecular weight is 307 g/mol. The molecule has 0 spiro atoms. The van der Waals surface area contributed by atoms with E-state index in [1.807, 2.05) is 4.90 Å². The molecule has 110 valence electrons. The SMILES string of the molecule is O=C(CSc1nnnn1-c1ccccc1F)N1CCCC1. The summed E-state index contributed by atoms with van der Waals surface area (Å²) >= 11 is 1.22. The molecule has 1 saturated heterocycles. The summed E-state index contributed by atoms with van der Waals surface area (Å²) < 4.78 is 15.1. The zero-order valence-electron chi connectivity index (χ0n) is 11.3. The largest absolute Gasteiger partial charge is 0.342 e. The Balaban J connectivity index is 1.71. The second-order valence-electron chi connectivity index (χ2n) is 4.70. The van der Waals surface area contributed by atoms with Crippen LogP contribution in [-0.4, -0.2) is 49.9 Å². The highest BCUT2D eigenvalue weighted by molar-refractivity contribution is 7.99. The predicted molar refractivity (Wildman–Crippen MR) is 75.7 cm³/mol. The molecule has 6 nitrogen and oxygen atoms in total. The third-order valence-electron chi connectivity index (χ3n) is 3.31. The van der Waals surface area contributed by atoms with Crippen LogP contribution in [-0.2, 0) is 4.79 Å². The second-order valence-corrected chi connectivity index (χ2v) is 5.64. The Morgan fingerprint density at radius 3 is 2.81 bits per heavy atom. The van der Waals surface area contributed by atoms with Gasteiger partial charge >= 0.3 is 0 Å². The molecule has 21 heavy (non-hydrogen) atoms. The normalized spacial score (nSPS) is 14.6. The lowest BCUT2D eigenvalue weighted by Crippen LogP contribution is -2.29. The van der Waals surface area contributed by atoms with E-state index >= 15 is 0 Å². The van der Waals surface area contributed by atoms with Crippen molar-refractivity contribution in [3.63, 3.8) is 0 Å². The highest BCUT2D eigenvalue weighted by Gasteiger charge is 2.20. The van der Waals surface area contributed by atoms with Gasteiger partial charge in [-0.25, -0.2) is 4.39 Å². The number of likely N-dealkylation sites (tertiary alicyclic amines) is 1. The standard InChI is InChI=1S/C13H14FN5OS/c14-10-5-1-2-6-11(10)19-13(15-16-17-19)21-9-12(20)18-7-3-4-8-18/h1-2,5-6H,3-4,7-9H2. The number of thioether (sulfide) groups is 1. The summed E-state index contributed by atoms with van der Waals surface area (Å²) in [5.41, 5.74) is 0.277. The van der Waals surface area contributed by atoms with Crippen molar-refractivity contribution in [2.45, 2.75) is 18.0 Å². The van der Waals surface area contributed by atoms with Gasteiger partial charge in [-0.2, -0.15) is 4.68 Å². The summed E-state index contributed by atoms with van der Waals surface area (Å²) in [6.45, 7) is 1.63. The number of rotatable bonds is 4. The Labute approximate surface area is 125 Å². The van der Waals surface area contributed by atoms with E-state index in [4.69, 9.17) is 0 Å². The minimum absolute atomic E-state index is 0.0700. The molecule has 0 aliphatic carbocycles. The summed E-state index contributed by atoms with van der Waals surface area (Å²) in [7, 11) is 0. The Morgan fingerprint density at radius 2 is 2.05 bits per heavy atom. The smallest absolute Gasteiger partial charge is 0.233 e. The molecule has 2 heterocycles. The number of hydrogen-bond donors (Lipinski definition) is 0. The van der Waals surface area contributed by atoms with Gasteiger partial charge < -0.3 is 4.90 Å². The molecule has 3 rings (SSSR count). The maximum Gasteiger partial charge on any atom is 0.233 e. The molecular formula is C13H14FN5OS. The molecule has 0 atom stereocenters. The number of nitrogens with zero attached hydrogens (tertiary/aromatic N) is 5. The van der Waals surface area contributed by atoms with Crippen LogP contribution in [0, 0.1) is 5.82 Å². The van der Waals surface area contributed by atoms with Gasteiger partial charge in [-0.1, -0.05) is 23.9 Å². The Kier molecular flexibility index (Phi) is 4.14. The number of benzene rings is 1. The van der Waals surface area contributed by atoms with Crippen molar-refractivity contribution in [2.75, 3.05) is 18.8 Å². The molecule has 1 aliphatic heterocycles. The number of carbonyl (C=O) groups excluding carboxylic acids is 1. The lowest BCUT2D eigenvalue weighted by Gasteiger charge is -2.14. The van der Waals surface area contributed by atoms with Crippen molar-refractivity contribution in [1.82, 2.24) is 25.1 Å². The number of halogens is 1. The van der Waals surface area contributed by atoms with Gasteiger partial charge in [-0.3, -0.25) is 4.79 Å². The van der Waals surface area contributed by atoms with Crippen molar-refractivity contribution in [2.24, 2.45) is 0 Å². The first-order valence-corrected chi connectivity index (χ1v) is 7.68. The predicted octanol–water partition coefficient (Wildman–Crippen LogP) is 1.52. The number of carbonyl (C=O) groups is 1. The number of aromatic nitrogens is 4. The molecule has 8 heteroatoms. The fourth-order valence-corrected chi connectivity index (χ4v) is 3.01. The third-order valence-corrected chi connectivity index (χ3v) is 4.21. The monoisotopic (exact) mass is 307 g/mol. The van der Waals surface area contributed by atoms with E-state index in [9.17, 15) is 9.18 Å². The first-order chi connectivity index (χ1) is 10.3. The molecule has 0 N–H and O–H groups in total. The van der Waals surface area contributed by atoms with Gasteiger partial charge in [0.05, 0.1) is 5.75 Å². The van der Waals surface area contributed by atoms with Gasteiger partial charge in [-0.05, 0) is 35.4 Å². The van der Waals surface area contributed by atoms with Crippen molar-refractivity contribution in [1.29, 1.82) is 0 Å². The number of tetrazole rings is 1. The van der Waals surface area contributed by atoms with Gasteiger partial charge in [0.25, 0.3) is 0 Å². The fourth-order valence-electron chi connectivity index (χ4n) is 2.23. The van der Waals surface area contributed by atoms with Gasteiger partial charge in [0.1, 0.15) is 11.5 Å². The molecule has 1 aliphatic rings. The highest BCUT2D eigenvalue weighted by Crippen LogP contribution is 2.21. The summed E-state index contributed by atoms with van der Waals surface area (Å²) in [4.78, 5) is 13.8. The van der Waals surface area contributed by atoms with Crippen LogP contribution in [0.2, 0.25) is 0 Å². The van der Waals surface area contributed by atoms with Gasteiger partial charge in [-0.15, -0.1) is 5.10 Å². The average Bonchev–Trinajstić information content (AvgIpc) is 3.17. The van der Waals surface area contributed by atoms with Crippen LogP contribution >= 0.6 is 11.8 Å². The molecule has 1 amide bonds. The van der Waals surface area contributed by atoms with E-state index < -0.39 is 5.82 Å². The summed E-state index contributed by atoms with van der Waals surface area (Å²) in [6, 6.07) is 6.26. The summed E-state index contributed by atoms with van der Waals surface area (Å²) in [6.07, 6.45) is 2.12. The topological polar surface area (TPSA) is 63.9 Å². The van der Waals surface area contributed by atoms with Gasteiger partial charge in [0.15, 0.2) is 0 Å². The molecule has 1 aromatic heterocycles. The molecule has 0 radical (unpaired) electrons. The maximum absolute atomic E-state index is 13.8. The van der Waals surface area contributed by atoms with Crippen LogP contribution < -0.4 is 0 Å². The van der Waals surface area contributed by atoms with E-state index in [0.717, 1.165) is 25.9 Å². The van der Waals surface area contributed by atoms with Gasteiger partial charge in [0.2, 0.25) is 11.1 Å². The number of amides is 1. The number of hydrogen-bond acceptors (Lipinski definition) is 5. The molecule has 2 aromatic rings. The first-order valence-electron chi connectivity index (χ1n) is 6.69. The first kappa shape index (κ1) is 14.0. The number of para-hydroxylation sites is 1. The zero-order valence-corrected chi connectivity index (χ0v) is 12.1. The Hall–Kier alpha value is -1.96.